The first-order chi connectivity index (χ1) is 20.9. The number of amides is 2. The van der Waals surface area contributed by atoms with Crippen molar-refractivity contribution in [2.75, 3.05) is 24.6 Å². The quantitative estimate of drug-likeness (QED) is 0.234. The topological polar surface area (TPSA) is 125 Å². The van der Waals surface area contributed by atoms with Gasteiger partial charge >= 0.3 is 5.97 Å². The molecule has 9 nitrogen and oxygen atoms in total. The van der Waals surface area contributed by atoms with Crippen LogP contribution in [0.3, 0.4) is 0 Å². The highest BCUT2D eigenvalue weighted by Gasteiger charge is 2.36. The van der Waals surface area contributed by atoms with Gasteiger partial charge in [0.2, 0.25) is 0 Å². The fourth-order valence-electron chi connectivity index (χ4n) is 5.35. The van der Waals surface area contributed by atoms with Gasteiger partial charge in [0.05, 0.1) is 22.4 Å². The lowest BCUT2D eigenvalue weighted by molar-refractivity contribution is 0.0696. The lowest BCUT2D eigenvalue weighted by Crippen LogP contribution is -2.39. The Morgan fingerprint density at radius 3 is 2.28 bits per heavy atom. The van der Waals surface area contributed by atoms with Gasteiger partial charge in [-0.15, -0.1) is 0 Å². The molecule has 2 heterocycles. The number of carbonyl (C=O) groups is 3. The molecule has 3 N–H and O–H groups in total. The number of aromatic carboxylic acids is 1. The molecule has 0 saturated heterocycles. The molecule has 43 heavy (non-hydrogen) atoms. The third-order valence-electron chi connectivity index (χ3n) is 7.64. The number of imide groups is 1. The number of aryl methyl sites for hydroxylation is 1. The van der Waals surface area contributed by atoms with Crippen molar-refractivity contribution in [2.45, 2.75) is 25.0 Å². The number of fused-ring (bicyclic) bond motifs is 2. The Hall–Kier alpha value is -4.99. The van der Waals surface area contributed by atoms with Crippen LogP contribution < -0.4 is 19.7 Å². The molecule has 2 aliphatic rings. The van der Waals surface area contributed by atoms with Gasteiger partial charge < -0.3 is 25.0 Å². The van der Waals surface area contributed by atoms with E-state index in [1.807, 2.05) is 24.3 Å². The molecule has 6 rings (SSSR count). The molecular formula is C34H30N2O7. The highest BCUT2D eigenvalue weighted by atomic mass is 16.5. The van der Waals surface area contributed by atoms with Crippen LogP contribution in [0.1, 0.15) is 43.1 Å². The Morgan fingerprint density at radius 1 is 0.930 bits per heavy atom. The molecule has 9 heteroatoms. The van der Waals surface area contributed by atoms with Crippen molar-refractivity contribution < 1.29 is 34.1 Å². The summed E-state index contributed by atoms with van der Waals surface area (Å²) in [6, 6.07) is 26.2. The highest BCUT2D eigenvalue weighted by molar-refractivity contribution is 6.34. The van der Waals surface area contributed by atoms with Crippen LogP contribution in [0.25, 0.3) is 11.1 Å². The van der Waals surface area contributed by atoms with Gasteiger partial charge in [0.25, 0.3) is 11.8 Å². The number of aliphatic hydroxyl groups is 1. The first-order valence-electron chi connectivity index (χ1n) is 14.1. The number of carbonyl (C=O) groups excluding carboxylic acids is 2. The zero-order chi connectivity index (χ0) is 29.9. The van der Waals surface area contributed by atoms with Crippen LogP contribution in [-0.2, 0) is 6.42 Å². The molecule has 0 saturated carbocycles. The van der Waals surface area contributed by atoms with Crippen LogP contribution in [0.2, 0.25) is 0 Å². The van der Waals surface area contributed by atoms with Crippen LogP contribution in [0.5, 0.6) is 11.5 Å². The van der Waals surface area contributed by atoms with Crippen molar-refractivity contribution in [3.8, 4) is 22.6 Å². The number of aliphatic hydroxyl groups excluding tert-OH is 1. The van der Waals surface area contributed by atoms with Gasteiger partial charge in [-0.1, -0.05) is 30.3 Å². The minimum atomic E-state index is -0.945. The van der Waals surface area contributed by atoms with Gasteiger partial charge in [-0.25, -0.2) is 9.69 Å². The van der Waals surface area contributed by atoms with E-state index in [2.05, 4.69) is 11.4 Å². The molecule has 218 valence electrons. The standard InChI is InChI=1S/C34H30N2O7/c37-26(20-42-27-14-11-25(12-15-27)36-32(38)29-3-1-2-4-30(29)33(36)39)18-35-19-28-13-9-24-17-23(10-16-31(24)43-28)21-5-7-22(8-6-21)34(40)41/h1-8,10-12,14-17,26,28,35,37H,9,13,18-20H2,(H,40,41)/t26-,28+/m0/s1. The molecule has 2 atom stereocenters. The summed E-state index contributed by atoms with van der Waals surface area (Å²) in [5, 5.41) is 22.8. The second kappa shape index (κ2) is 12.1. The van der Waals surface area contributed by atoms with Crippen LogP contribution in [0, 0.1) is 0 Å². The van der Waals surface area contributed by atoms with E-state index in [1.54, 1.807) is 60.7 Å². The average molecular weight is 579 g/mol. The van der Waals surface area contributed by atoms with E-state index in [4.69, 9.17) is 14.6 Å². The number of hydrogen-bond acceptors (Lipinski definition) is 7. The maximum Gasteiger partial charge on any atom is 0.335 e. The molecule has 0 radical (unpaired) electrons. The largest absolute Gasteiger partial charge is 0.491 e. The first kappa shape index (κ1) is 28.1. The molecule has 0 bridgehead atoms. The van der Waals surface area contributed by atoms with Gasteiger partial charge in [0, 0.05) is 13.1 Å². The van der Waals surface area contributed by atoms with Crippen molar-refractivity contribution in [1.29, 1.82) is 0 Å². The van der Waals surface area contributed by atoms with E-state index in [0.717, 1.165) is 40.2 Å². The predicted octanol–water partition coefficient (Wildman–Crippen LogP) is 4.58. The molecule has 0 unspecified atom stereocenters. The Balaban J connectivity index is 0.947. The predicted molar refractivity (Wildman–Crippen MR) is 160 cm³/mol. The minimum absolute atomic E-state index is 0.0315. The van der Waals surface area contributed by atoms with E-state index < -0.39 is 12.1 Å². The van der Waals surface area contributed by atoms with Crippen molar-refractivity contribution in [3.63, 3.8) is 0 Å². The molecule has 0 aromatic heterocycles. The number of carboxylic acids is 1. The molecule has 2 amide bonds. The maximum absolute atomic E-state index is 12.7. The fraction of sp³-hybridized carbons (Fsp3) is 0.206. The zero-order valence-electron chi connectivity index (χ0n) is 23.2. The Kier molecular flexibility index (Phi) is 7.91. The Morgan fingerprint density at radius 2 is 1.60 bits per heavy atom. The van der Waals surface area contributed by atoms with Crippen LogP contribution in [-0.4, -0.2) is 59.9 Å². The van der Waals surface area contributed by atoms with Crippen molar-refractivity contribution >= 4 is 23.5 Å². The summed E-state index contributed by atoms with van der Waals surface area (Å²) in [5.74, 6) is -0.299. The molecule has 4 aromatic rings. The van der Waals surface area contributed by atoms with E-state index in [0.29, 0.717) is 35.7 Å². The summed E-state index contributed by atoms with van der Waals surface area (Å²) >= 11 is 0. The monoisotopic (exact) mass is 578 g/mol. The second-order valence-electron chi connectivity index (χ2n) is 10.6. The van der Waals surface area contributed by atoms with Crippen molar-refractivity contribution in [3.05, 3.63) is 113 Å². The molecule has 4 aromatic carbocycles. The highest BCUT2D eigenvalue weighted by Crippen LogP contribution is 2.32. The van der Waals surface area contributed by atoms with Gasteiger partial charge in [0.1, 0.15) is 30.3 Å². The van der Waals surface area contributed by atoms with E-state index in [-0.39, 0.29) is 30.1 Å². The maximum atomic E-state index is 12.7. The van der Waals surface area contributed by atoms with Gasteiger partial charge in [-0.05, 0) is 90.2 Å². The number of benzene rings is 4. The summed E-state index contributed by atoms with van der Waals surface area (Å²) in [6.45, 7) is 0.971. The van der Waals surface area contributed by atoms with Crippen molar-refractivity contribution in [1.82, 2.24) is 5.32 Å². The van der Waals surface area contributed by atoms with Gasteiger partial charge in [-0.2, -0.15) is 0 Å². The number of ether oxygens (including phenoxy) is 2. The zero-order valence-corrected chi connectivity index (χ0v) is 23.2. The lowest BCUT2D eigenvalue weighted by Gasteiger charge is -2.27. The molecule has 0 fully saturated rings. The second-order valence-corrected chi connectivity index (χ2v) is 10.6. The molecular weight excluding hydrogens is 548 g/mol. The smallest absolute Gasteiger partial charge is 0.335 e. The Labute approximate surface area is 248 Å². The average Bonchev–Trinajstić information content (AvgIpc) is 3.29. The molecule has 2 aliphatic heterocycles. The normalized spacial score (nSPS) is 16.3. The molecule has 0 spiro atoms. The third-order valence-corrected chi connectivity index (χ3v) is 7.64. The summed E-state index contributed by atoms with van der Waals surface area (Å²) in [5.41, 5.74) is 4.57. The third kappa shape index (κ3) is 5.99. The summed E-state index contributed by atoms with van der Waals surface area (Å²) in [7, 11) is 0. The fourth-order valence-corrected chi connectivity index (χ4v) is 5.35. The minimum Gasteiger partial charge on any atom is -0.491 e. The Bertz CT molecular complexity index is 1630. The summed E-state index contributed by atoms with van der Waals surface area (Å²) in [4.78, 5) is 37.6. The van der Waals surface area contributed by atoms with Crippen LogP contribution >= 0.6 is 0 Å². The lowest BCUT2D eigenvalue weighted by atomic mass is 9.96. The number of anilines is 1. The number of nitrogens with one attached hydrogen (secondary N) is 1. The van der Waals surface area contributed by atoms with E-state index >= 15 is 0 Å². The number of nitrogens with zero attached hydrogens (tertiary/aromatic N) is 1. The summed E-state index contributed by atoms with van der Waals surface area (Å²) < 4.78 is 11.9. The van der Waals surface area contributed by atoms with Crippen molar-refractivity contribution in [2.24, 2.45) is 0 Å². The van der Waals surface area contributed by atoms with E-state index in [1.165, 1.54) is 0 Å². The number of rotatable bonds is 10. The first-order valence-corrected chi connectivity index (χ1v) is 14.1. The SMILES string of the molecule is O=C(O)c1ccc(-c2ccc3c(c2)CC[C@H](CNC[C@H](O)COc2ccc(N4C(=O)c5ccccc5C4=O)cc2)O3)cc1. The number of hydrogen-bond donors (Lipinski definition) is 3. The number of carboxylic acid groups (broad SMARTS) is 1. The van der Waals surface area contributed by atoms with Gasteiger partial charge in [-0.3, -0.25) is 9.59 Å². The summed E-state index contributed by atoms with van der Waals surface area (Å²) in [6.07, 6.45) is 0.899. The van der Waals surface area contributed by atoms with Crippen LogP contribution in [0.4, 0.5) is 5.69 Å². The molecule has 0 aliphatic carbocycles. The van der Waals surface area contributed by atoms with Crippen LogP contribution in [0.15, 0.2) is 91.0 Å². The van der Waals surface area contributed by atoms with Gasteiger partial charge in [0.15, 0.2) is 0 Å². The van der Waals surface area contributed by atoms with E-state index in [9.17, 15) is 19.5 Å².